The van der Waals surface area contributed by atoms with Crippen molar-refractivity contribution in [3.8, 4) is 11.6 Å². The molecule has 3 heterocycles. The number of aromatic nitrogens is 3. The van der Waals surface area contributed by atoms with Crippen LogP contribution in [0.2, 0.25) is 0 Å². The molecule has 0 radical (unpaired) electrons. The molecule has 7 nitrogen and oxygen atoms in total. The Balaban J connectivity index is 1.54. The van der Waals surface area contributed by atoms with E-state index < -0.39 is 0 Å². The molecular weight excluding hydrogens is 448 g/mol. The maximum absolute atomic E-state index is 6.77. The zero-order valence-corrected chi connectivity index (χ0v) is 20.1. The highest BCUT2D eigenvalue weighted by atomic mass is 16.3. The third kappa shape index (κ3) is 5.52. The van der Waals surface area contributed by atoms with E-state index in [1.54, 1.807) is 12.5 Å². The number of oxazole rings is 1. The van der Waals surface area contributed by atoms with E-state index in [0.717, 1.165) is 28.1 Å². The summed E-state index contributed by atoms with van der Waals surface area (Å²) in [6, 6.07) is 26.6. The van der Waals surface area contributed by atoms with E-state index in [0.29, 0.717) is 42.7 Å². The Labute approximate surface area is 210 Å². The monoisotopic (exact) mass is 476 g/mol. The van der Waals surface area contributed by atoms with Gasteiger partial charge in [0.2, 0.25) is 5.89 Å². The van der Waals surface area contributed by atoms with Crippen molar-refractivity contribution in [1.29, 1.82) is 0 Å². The summed E-state index contributed by atoms with van der Waals surface area (Å²) in [7, 11) is 0. The lowest BCUT2D eigenvalue weighted by atomic mass is 10.1. The molecule has 0 bridgehead atoms. The standard InChI is InChI=1S/C29H28N6O/c1-21-12-13-24(17-32-21)18-33-25-16-26(29-31-14-15-36-29)34-28(27(25)30)35(19-22-8-4-2-5-9-22)20-23-10-6-3-7-11-23/h2-17H,18-20,30H2,1H3,(H,33,34). The van der Waals surface area contributed by atoms with E-state index in [9.17, 15) is 0 Å². The van der Waals surface area contributed by atoms with Gasteiger partial charge in [0.15, 0.2) is 5.82 Å². The first-order chi connectivity index (χ1) is 17.7. The first-order valence-electron chi connectivity index (χ1n) is 11.8. The Hall–Kier alpha value is -4.65. The molecule has 0 fully saturated rings. The Morgan fingerprint density at radius 2 is 1.56 bits per heavy atom. The van der Waals surface area contributed by atoms with Crippen LogP contribution in [0.1, 0.15) is 22.4 Å². The van der Waals surface area contributed by atoms with Crippen molar-refractivity contribution in [2.45, 2.75) is 26.6 Å². The molecule has 0 unspecified atom stereocenters. The van der Waals surface area contributed by atoms with Crippen LogP contribution in [0.25, 0.3) is 11.6 Å². The molecule has 0 saturated heterocycles. The average molecular weight is 477 g/mol. The molecule has 0 amide bonds. The smallest absolute Gasteiger partial charge is 0.245 e. The van der Waals surface area contributed by atoms with Crippen LogP contribution in [0, 0.1) is 6.92 Å². The van der Waals surface area contributed by atoms with Crippen molar-refractivity contribution in [3.05, 3.63) is 120 Å². The molecule has 7 heteroatoms. The number of nitrogens with zero attached hydrogens (tertiary/aromatic N) is 4. The lowest BCUT2D eigenvalue weighted by Crippen LogP contribution is -2.25. The van der Waals surface area contributed by atoms with Crippen molar-refractivity contribution in [3.63, 3.8) is 0 Å². The van der Waals surface area contributed by atoms with Crippen molar-refractivity contribution in [1.82, 2.24) is 15.0 Å². The fourth-order valence-electron chi connectivity index (χ4n) is 4.00. The van der Waals surface area contributed by atoms with Gasteiger partial charge in [0.05, 0.1) is 17.6 Å². The second-order valence-corrected chi connectivity index (χ2v) is 8.62. The third-order valence-corrected chi connectivity index (χ3v) is 5.88. The summed E-state index contributed by atoms with van der Waals surface area (Å²) in [4.78, 5) is 15.8. The van der Waals surface area contributed by atoms with Crippen LogP contribution >= 0.6 is 0 Å². The zero-order chi connectivity index (χ0) is 24.7. The number of hydrogen-bond acceptors (Lipinski definition) is 7. The van der Waals surface area contributed by atoms with Crippen molar-refractivity contribution >= 4 is 17.2 Å². The molecule has 0 atom stereocenters. The second kappa shape index (κ2) is 10.7. The molecular formula is C29H28N6O. The van der Waals surface area contributed by atoms with Crippen LogP contribution < -0.4 is 16.0 Å². The van der Waals surface area contributed by atoms with Gasteiger partial charge in [-0.25, -0.2) is 9.97 Å². The highest BCUT2D eigenvalue weighted by molar-refractivity contribution is 5.81. The summed E-state index contributed by atoms with van der Waals surface area (Å²) < 4.78 is 5.59. The third-order valence-electron chi connectivity index (χ3n) is 5.88. The first kappa shape index (κ1) is 23.1. The van der Waals surface area contributed by atoms with Gasteiger partial charge >= 0.3 is 0 Å². The fraction of sp³-hybridized carbons (Fsp3) is 0.138. The number of aryl methyl sites for hydroxylation is 1. The summed E-state index contributed by atoms with van der Waals surface area (Å²) in [5.74, 6) is 1.11. The van der Waals surface area contributed by atoms with Crippen molar-refractivity contribution < 1.29 is 4.42 Å². The number of pyridine rings is 2. The molecule has 180 valence electrons. The van der Waals surface area contributed by atoms with Crippen LogP contribution in [0.15, 0.2) is 102 Å². The van der Waals surface area contributed by atoms with E-state index in [1.807, 2.05) is 61.7 Å². The summed E-state index contributed by atoms with van der Waals surface area (Å²) in [5.41, 5.74) is 13.1. The number of nitrogens with one attached hydrogen (secondary N) is 1. The summed E-state index contributed by atoms with van der Waals surface area (Å²) in [6.45, 7) is 3.83. The summed E-state index contributed by atoms with van der Waals surface area (Å²) in [6.07, 6.45) is 5.03. The second-order valence-electron chi connectivity index (χ2n) is 8.62. The summed E-state index contributed by atoms with van der Waals surface area (Å²) >= 11 is 0. The predicted octanol–water partition coefficient (Wildman–Crippen LogP) is 5.84. The zero-order valence-electron chi connectivity index (χ0n) is 20.1. The minimum Gasteiger partial charge on any atom is -0.443 e. The largest absolute Gasteiger partial charge is 0.443 e. The van der Waals surface area contributed by atoms with Gasteiger partial charge in [0.25, 0.3) is 0 Å². The Morgan fingerprint density at radius 1 is 0.861 bits per heavy atom. The molecule has 2 aromatic carbocycles. The molecule has 3 aromatic heterocycles. The predicted molar refractivity (Wildman–Crippen MR) is 143 cm³/mol. The number of anilines is 3. The van der Waals surface area contributed by atoms with Crippen molar-refractivity contribution in [2.24, 2.45) is 0 Å². The number of hydrogen-bond donors (Lipinski definition) is 2. The van der Waals surface area contributed by atoms with E-state index >= 15 is 0 Å². The SMILES string of the molecule is Cc1ccc(CNc2cc(-c3ncco3)nc(N(Cc3ccccc3)Cc3ccccc3)c2N)cn1. The topological polar surface area (TPSA) is 93.1 Å². The molecule has 3 N–H and O–H groups in total. The van der Waals surface area contributed by atoms with Gasteiger partial charge in [-0.2, -0.15) is 0 Å². The maximum atomic E-state index is 6.77. The van der Waals surface area contributed by atoms with Gasteiger partial charge in [0.1, 0.15) is 12.0 Å². The van der Waals surface area contributed by atoms with Gasteiger partial charge in [-0.3, -0.25) is 4.98 Å². The molecule has 5 rings (SSSR count). The molecule has 5 aromatic rings. The fourth-order valence-corrected chi connectivity index (χ4v) is 4.00. The highest BCUT2D eigenvalue weighted by Gasteiger charge is 2.20. The van der Waals surface area contributed by atoms with E-state index in [-0.39, 0.29) is 0 Å². The van der Waals surface area contributed by atoms with Gasteiger partial charge in [-0.15, -0.1) is 0 Å². The average Bonchev–Trinajstić information content (AvgIpc) is 3.45. The highest BCUT2D eigenvalue weighted by Crippen LogP contribution is 2.35. The molecule has 0 aliphatic rings. The van der Waals surface area contributed by atoms with Crippen LogP contribution in [-0.4, -0.2) is 15.0 Å². The Kier molecular flexibility index (Phi) is 6.89. The number of nitrogen functional groups attached to an aromatic ring is 1. The number of benzene rings is 2. The number of nitrogens with two attached hydrogens (primary N) is 1. The van der Waals surface area contributed by atoms with E-state index in [2.05, 4.69) is 50.5 Å². The number of rotatable bonds is 9. The van der Waals surface area contributed by atoms with Crippen LogP contribution in [0.5, 0.6) is 0 Å². The van der Waals surface area contributed by atoms with Crippen molar-refractivity contribution in [2.75, 3.05) is 16.0 Å². The summed E-state index contributed by atoms with van der Waals surface area (Å²) in [5, 5.41) is 3.47. The molecule has 36 heavy (non-hydrogen) atoms. The molecule has 0 spiro atoms. The molecule has 0 saturated carbocycles. The quantitative estimate of drug-likeness (QED) is 0.276. The molecule has 0 aliphatic heterocycles. The molecule has 0 aliphatic carbocycles. The van der Waals surface area contributed by atoms with Gasteiger partial charge in [-0.1, -0.05) is 66.7 Å². The van der Waals surface area contributed by atoms with E-state index in [4.69, 9.17) is 15.1 Å². The van der Waals surface area contributed by atoms with Gasteiger partial charge in [0, 0.05) is 31.5 Å². The minimum atomic E-state index is 0.440. The maximum Gasteiger partial charge on any atom is 0.245 e. The lowest BCUT2D eigenvalue weighted by Gasteiger charge is -2.27. The minimum absolute atomic E-state index is 0.440. The van der Waals surface area contributed by atoms with E-state index in [1.165, 1.54) is 0 Å². The Bertz CT molecular complexity index is 1350. The lowest BCUT2D eigenvalue weighted by molar-refractivity contribution is 0.572. The van der Waals surface area contributed by atoms with Crippen LogP contribution in [0.3, 0.4) is 0 Å². The first-order valence-corrected chi connectivity index (χ1v) is 11.8. The van der Waals surface area contributed by atoms with Crippen LogP contribution in [0.4, 0.5) is 17.2 Å². The van der Waals surface area contributed by atoms with Gasteiger partial charge in [-0.05, 0) is 35.7 Å². The normalized spacial score (nSPS) is 10.8. The van der Waals surface area contributed by atoms with Gasteiger partial charge < -0.3 is 20.4 Å². The van der Waals surface area contributed by atoms with Crippen LogP contribution in [-0.2, 0) is 19.6 Å². The Morgan fingerprint density at radius 3 is 2.14 bits per heavy atom.